The molecule has 1 aliphatic rings. The van der Waals surface area contributed by atoms with E-state index < -0.39 is 0 Å². The van der Waals surface area contributed by atoms with Crippen LogP contribution in [0.4, 0.5) is 0 Å². The van der Waals surface area contributed by atoms with E-state index in [1.54, 1.807) is 6.33 Å². The summed E-state index contributed by atoms with van der Waals surface area (Å²) >= 11 is 0. The van der Waals surface area contributed by atoms with Gasteiger partial charge in [-0.2, -0.15) is 5.10 Å². The second-order valence-electron chi connectivity index (χ2n) is 5.78. The van der Waals surface area contributed by atoms with E-state index in [1.165, 1.54) is 32.1 Å². The molecule has 1 N–H and O–H groups in total. The number of nitrogens with one attached hydrogen (secondary N) is 1. The molecule has 1 fully saturated rings. The number of hydrogen-bond acceptors (Lipinski definition) is 3. The minimum Gasteiger partial charge on any atom is -0.307 e. The Kier molecular flexibility index (Phi) is 4.75. The van der Waals surface area contributed by atoms with Crippen molar-refractivity contribution in [1.82, 2.24) is 20.1 Å². The van der Waals surface area contributed by atoms with Crippen molar-refractivity contribution in [2.75, 3.05) is 0 Å². The molecule has 0 radical (unpaired) electrons. The molecule has 0 saturated heterocycles. The monoisotopic (exact) mass is 250 g/mol. The predicted molar refractivity (Wildman–Crippen MR) is 73.3 cm³/mol. The fraction of sp³-hybridized carbons (Fsp3) is 0.857. The van der Waals surface area contributed by atoms with E-state index in [0.29, 0.717) is 12.1 Å². The number of rotatable bonds is 5. The lowest BCUT2D eigenvalue weighted by Gasteiger charge is -2.28. The molecule has 1 heterocycles. The van der Waals surface area contributed by atoms with Crippen LogP contribution in [0.1, 0.15) is 64.7 Å². The number of hydrogen-bond donors (Lipinski definition) is 1. The zero-order chi connectivity index (χ0) is 13.0. The summed E-state index contributed by atoms with van der Waals surface area (Å²) in [7, 11) is 0. The van der Waals surface area contributed by atoms with Gasteiger partial charge in [-0.3, -0.25) is 0 Å². The first-order chi connectivity index (χ1) is 8.68. The smallest absolute Gasteiger partial charge is 0.141 e. The second kappa shape index (κ2) is 6.32. The van der Waals surface area contributed by atoms with Gasteiger partial charge in [0.2, 0.25) is 0 Å². The lowest BCUT2D eigenvalue weighted by molar-refractivity contribution is 0.277. The average Bonchev–Trinajstić information content (AvgIpc) is 2.85. The van der Waals surface area contributed by atoms with E-state index in [1.807, 2.05) is 4.68 Å². The normalized spacial score (nSPS) is 19.3. The van der Waals surface area contributed by atoms with Crippen LogP contribution < -0.4 is 5.32 Å². The Balaban J connectivity index is 1.84. The molecule has 4 heteroatoms. The van der Waals surface area contributed by atoms with Gasteiger partial charge in [-0.25, -0.2) is 9.67 Å². The van der Waals surface area contributed by atoms with Gasteiger partial charge < -0.3 is 5.32 Å². The maximum atomic E-state index is 4.34. The SMILES string of the molecule is CC(C)n1ncnc1CN[C@@H](C)C1CCCCC1. The van der Waals surface area contributed by atoms with E-state index in [2.05, 4.69) is 36.2 Å². The molecule has 1 saturated carbocycles. The molecule has 1 atom stereocenters. The quantitative estimate of drug-likeness (QED) is 0.873. The number of nitrogens with zero attached hydrogens (tertiary/aromatic N) is 3. The Morgan fingerprint density at radius 2 is 2.00 bits per heavy atom. The summed E-state index contributed by atoms with van der Waals surface area (Å²) in [5.41, 5.74) is 0. The summed E-state index contributed by atoms with van der Waals surface area (Å²) in [6.07, 6.45) is 8.64. The Hall–Kier alpha value is -0.900. The summed E-state index contributed by atoms with van der Waals surface area (Å²) in [5, 5.41) is 7.90. The molecule has 1 aromatic rings. The van der Waals surface area contributed by atoms with Crippen LogP contribution in [0.2, 0.25) is 0 Å². The minimum atomic E-state index is 0.384. The van der Waals surface area contributed by atoms with E-state index in [4.69, 9.17) is 0 Å². The van der Waals surface area contributed by atoms with Crippen LogP contribution in [0.25, 0.3) is 0 Å². The summed E-state index contributed by atoms with van der Waals surface area (Å²) in [6, 6.07) is 0.969. The van der Waals surface area contributed by atoms with Gasteiger partial charge in [-0.05, 0) is 39.5 Å². The van der Waals surface area contributed by atoms with Crippen molar-refractivity contribution in [2.45, 2.75) is 71.5 Å². The lowest BCUT2D eigenvalue weighted by Crippen LogP contribution is -2.35. The molecular formula is C14H26N4. The van der Waals surface area contributed by atoms with Gasteiger partial charge >= 0.3 is 0 Å². The van der Waals surface area contributed by atoms with Crippen molar-refractivity contribution < 1.29 is 0 Å². The average molecular weight is 250 g/mol. The van der Waals surface area contributed by atoms with Gasteiger partial charge in [0.15, 0.2) is 0 Å². The maximum absolute atomic E-state index is 4.34. The summed E-state index contributed by atoms with van der Waals surface area (Å²) < 4.78 is 2.00. The standard InChI is InChI=1S/C14H26N4/c1-11(2)18-14(16-10-17-18)9-15-12(3)13-7-5-4-6-8-13/h10-13,15H,4-9H2,1-3H3/t12-/m0/s1. The molecule has 4 nitrogen and oxygen atoms in total. The van der Waals surface area contributed by atoms with E-state index >= 15 is 0 Å². The first-order valence-corrected chi connectivity index (χ1v) is 7.30. The first-order valence-electron chi connectivity index (χ1n) is 7.30. The van der Waals surface area contributed by atoms with Crippen LogP contribution in [0.15, 0.2) is 6.33 Å². The molecule has 18 heavy (non-hydrogen) atoms. The fourth-order valence-electron chi connectivity index (χ4n) is 2.89. The van der Waals surface area contributed by atoms with Gasteiger partial charge in [0.1, 0.15) is 12.2 Å². The zero-order valence-corrected chi connectivity index (χ0v) is 11.9. The summed E-state index contributed by atoms with van der Waals surface area (Å²) in [4.78, 5) is 4.34. The highest BCUT2D eigenvalue weighted by atomic mass is 15.4. The second-order valence-corrected chi connectivity index (χ2v) is 5.78. The highest BCUT2D eigenvalue weighted by molar-refractivity contribution is 4.87. The third-order valence-corrected chi connectivity index (χ3v) is 4.08. The molecule has 1 aliphatic carbocycles. The topological polar surface area (TPSA) is 42.7 Å². The van der Waals surface area contributed by atoms with Crippen LogP contribution in [0, 0.1) is 5.92 Å². The van der Waals surface area contributed by atoms with Crippen molar-refractivity contribution in [2.24, 2.45) is 5.92 Å². The molecule has 2 rings (SSSR count). The Labute approximate surface area is 110 Å². The largest absolute Gasteiger partial charge is 0.307 e. The third kappa shape index (κ3) is 3.31. The molecule has 0 amide bonds. The van der Waals surface area contributed by atoms with Crippen LogP contribution in [0.5, 0.6) is 0 Å². The van der Waals surface area contributed by atoms with Gasteiger partial charge in [0.05, 0.1) is 6.54 Å². The van der Waals surface area contributed by atoms with Gasteiger partial charge in [0.25, 0.3) is 0 Å². The molecule has 0 spiro atoms. The first kappa shape index (κ1) is 13.5. The van der Waals surface area contributed by atoms with Crippen LogP contribution in [0.3, 0.4) is 0 Å². The molecule has 0 unspecified atom stereocenters. The van der Waals surface area contributed by atoms with E-state index in [-0.39, 0.29) is 0 Å². The minimum absolute atomic E-state index is 0.384. The summed E-state index contributed by atoms with van der Waals surface area (Å²) in [6.45, 7) is 7.42. The van der Waals surface area contributed by atoms with Crippen LogP contribution in [-0.4, -0.2) is 20.8 Å². The Morgan fingerprint density at radius 3 is 2.67 bits per heavy atom. The molecule has 0 aliphatic heterocycles. The highest BCUT2D eigenvalue weighted by Gasteiger charge is 2.20. The van der Waals surface area contributed by atoms with Crippen molar-refractivity contribution >= 4 is 0 Å². The Morgan fingerprint density at radius 1 is 1.28 bits per heavy atom. The Bertz CT molecular complexity index is 352. The zero-order valence-electron chi connectivity index (χ0n) is 11.9. The van der Waals surface area contributed by atoms with Crippen molar-refractivity contribution in [1.29, 1.82) is 0 Å². The molecular weight excluding hydrogens is 224 g/mol. The van der Waals surface area contributed by atoms with Gasteiger partial charge in [-0.1, -0.05) is 19.3 Å². The van der Waals surface area contributed by atoms with Gasteiger partial charge in [0, 0.05) is 12.1 Å². The third-order valence-electron chi connectivity index (χ3n) is 4.08. The van der Waals surface area contributed by atoms with Crippen LogP contribution in [-0.2, 0) is 6.54 Å². The number of aromatic nitrogens is 3. The van der Waals surface area contributed by atoms with E-state index in [0.717, 1.165) is 18.3 Å². The lowest BCUT2D eigenvalue weighted by atomic mass is 9.84. The molecule has 102 valence electrons. The van der Waals surface area contributed by atoms with Gasteiger partial charge in [-0.15, -0.1) is 0 Å². The van der Waals surface area contributed by atoms with Crippen molar-refractivity contribution in [3.8, 4) is 0 Å². The maximum Gasteiger partial charge on any atom is 0.141 e. The van der Waals surface area contributed by atoms with Crippen molar-refractivity contribution in [3.63, 3.8) is 0 Å². The summed E-state index contributed by atoms with van der Waals surface area (Å²) in [5.74, 6) is 1.89. The molecule has 1 aromatic heterocycles. The molecule has 0 aromatic carbocycles. The molecule has 0 bridgehead atoms. The van der Waals surface area contributed by atoms with Crippen LogP contribution >= 0.6 is 0 Å². The highest BCUT2D eigenvalue weighted by Crippen LogP contribution is 2.26. The van der Waals surface area contributed by atoms with Crippen molar-refractivity contribution in [3.05, 3.63) is 12.2 Å². The van der Waals surface area contributed by atoms with E-state index in [9.17, 15) is 0 Å². The fourth-order valence-corrected chi connectivity index (χ4v) is 2.89. The predicted octanol–water partition coefficient (Wildman–Crippen LogP) is 2.92.